The van der Waals surface area contributed by atoms with Crippen molar-refractivity contribution in [3.8, 4) is 0 Å². The highest BCUT2D eigenvalue weighted by atomic mass is 19.1. The fraction of sp³-hybridized carbons (Fsp3) is 0.143. The zero-order valence-electron chi connectivity index (χ0n) is 16.0. The summed E-state index contributed by atoms with van der Waals surface area (Å²) >= 11 is 0. The molecule has 4 rings (SSSR count). The number of hydrogen-bond donors (Lipinski definition) is 2. The summed E-state index contributed by atoms with van der Waals surface area (Å²) in [6.07, 6.45) is 1.20. The molecule has 2 amide bonds. The van der Waals surface area contributed by atoms with Crippen molar-refractivity contribution in [1.82, 2.24) is 9.78 Å². The third-order valence-electron chi connectivity index (χ3n) is 4.50. The summed E-state index contributed by atoms with van der Waals surface area (Å²) in [5.74, 6) is -1.01. The summed E-state index contributed by atoms with van der Waals surface area (Å²) in [6.45, 7) is 0. The molecule has 152 valence electrons. The van der Waals surface area contributed by atoms with Crippen molar-refractivity contribution in [2.24, 2.45) is 12.2 Å². The molecule has 3 aromatic rings. The molecule has 2 N–H and O–H groups in total. The van der Waals surface area contributed by atoms with Gasteiger partial charge in [-0.2, -0.15) is 5.10 Å². The van der Waals surface area contributed by atoms with E-state index in [9.17, 15) is 14.0 Å². The molecule has 1 aromatic heterocycles. The van der Waals surface area contributed by atoms with E-state index in [0.29, 0.717) is 28.3 Å². The van der Waals surface area contributed by atoms with Crippen LogP contribution in [0.3, 0.4) is 0 Å². The molecule has 30 heavy (non-hydrogen) atoms. The number of nitrogens with zero attached hydrogens (tertiary/aromatic N) is 3. The number of nitrogens with one attached hydrogen (secondary N) is 2. The van der Waals surface area contributed by atoms with E-state index in [-0.39, 0.29) is 24.1 Å². The summed E-state index contributed by atoms with van der Waals surface area (Å²) in [5, 5.41) is 13.5. The molecule has 2 aromatic carbocycles. The number of benzene rings is 2. The van der Waals surface area contributed by atoms with Crippen molar-refractivity contribution in [3.63, 3.8) is 0 Å². The van der Waals surface area contributed by atoms with E-state index >= 15 is 0 Å². The average Bonchev–Trinajstić information content (AvgIpc) is 3.40. The first-order valence-corrected chi connectivity index (χ1v) is 9.18. The van der Waals surface area contributed by atoms with Crippen LogP contribution in [-0.2, 0) is 16.7 Å². The van der Waals surface area contributed by atoms with Crippen LogP contribution in [0.25, 0.3) is 0 Å². The Kier molecular flexibility index (Phi) is 5.25. The van der Waals surface area contributed by atoms with E-state index in [0.717, 1.165) is 0 Å². The van der Waals surface area contributed by atoms with Crippen molar-refractivity contribution in [3.05, 3.63) is 77.9 Å². The van der Waals surface area contributed by atoms with Gasteiger partial charge in [0.1, 0.15) is 5.82 Å². The Morgan fingerprint density at radius 3 is 2.33 bits per heavy atom. The van der Waals surface area contributed by atoms with Gasteiger partial charge in [0.15, 0.2) is 5.69 Å². The fourth-order valence-electron chi connectivity index (χ4n) is 2.92. The second-order valence-corrected chi connectivity index (χ2v) is 6.74. The molecule has 1 atom stereocenters. The molecule has 0 saturated heterocycles. The molecule has 0 radical (unpaired) electrons. The Balaban J connectivity index is 1.32. The number of carbonyl (C=O) groups excluding carboxylic acids is 2. The Bertz CT molecular complexity index is 1110. The first kappa shape index (κ1) is 19.3. The monoisotopic (exact) mass is 407 g/mol. The summed E-state index contributed by atoms with van der Waals surface area (Å²) in [7, 11) is 1.73. The topological polar surface area (TPSA) is 97.6 Å². The Labute approximate surface area is 171 Å². The maximum Gasteiger partial charge on any atom is 0.276 e. The summed E-state index contributed by atoms with van der Waals surface area (Å²) in [5.41, 5.74) is 2.73. The third kappa shape index (κ3) is 4.35. The van der Waals surface area contributed by atoms with E-state index in [4.69, 9.17) is 4.84 Å². The first-order chi connectivity index (χ1) is 14.5. The van der Waals surface area contributed by atoms with E-state index < -0.39 is 6.10 Å². The van der Waals surface area contributed by atoms with Gasteiger partial charge >= 0.3 is 0 Å². The Morgan fingerprint density at radius 1 is 1.03 bits per heavy atom. The van der Waals surface area contributed by atoms with Gasteiger partial charge in [0, 0.05) is 31.0 Å². The van der Waals surface area contributed by atoms with Gasteiger partial charge in [-0.25, -0.2) is 4.39 Å². The Hall–Kier alpha value is -4.01. The lowest BCUT2D eigenvalue weighted by molar-refractivity contribution is -0.125. The third-order valence-corrected chi connectivity index (χ3v) is 4.50. The lowest BCUT2D eigenvalue weighted by Crippen LogP contribution is -2.28. The SMILES string of the molecule is Cn1ccc(C(=O)Nc2ccc(NC(=O)C3CC(c4ccc(F)cc4)=NO3)cc2)n1. The van der Waals surface area contributed by atoms with E-state index in [2.05, 4.69) is 20.9 Å². The van der Waals surface area contributed by atoms with Gasteiger partial charge in [-0.15, -0.1) is 0 Å². The highest BCUT2D eigenvalue weighted by Crippen LogP contribution is 2.20. The van der Waals surface area contributed by atoms with Crippen molar-refractivity contribution < 1.29 is 18.8 Å². The minimum Gasteiger partial charge on any atom is -0.382 e. The smallest absolute Gasteiger partial charge is 0.276 e. The molecule has 2 heterocycles. The summed E-state index contributed by atoms with van der Waals surface area (Å²) in [6, 6.07) is 14.2. The highest BCUT2D eigenvalue weighted by Gasteiger charge is 2.29. The molecule has 1 aliphatic rings. The van der Waals surface area contributed by atoms with Crippen LogP contribution in [0, 0.1) is 5.82 Å². The molecule has 9 heteroatoms. The quantitative estimate of drug-likeness (QED) is 0.680. The number of oxime groups is 1. The molecule has 1 unspecified atom stereocenters. The number of amides is 2. The number of hydrogen-bond acceptors (Lipinski definition) is 5. The van der Waals surface area contributed by atoms with Crippen LogP contribution in [0.2, 0.25) is 0 Å². The van der Waals surface area contributed by atoms with Crippen molar-refractivity contribution in [2.45, 2.75) is 12.5 Å². The largest absolute Gasteiger partial charge is 0.382 e. The van der Waals surface area contributed by atoms with Crippen LogP contribution >= 0.6 is 0 Å². The molecule has 0 fully saturated rings. The van der Waals surface area contributed by atoms with Gasteiger partial charge in [0.2, 0.25) is 6.10 Å². The number of carbonyl (C=O) groups is 2. The number of anilines is 2. The molecule has 0 saturated carbocycles. The van der Waals surface area contributed by atoms with Gasteiger partial charge in [-0.05, 0) is 48.0 Å². The van der Waals surface area contributed by atoms with E-state index in [1.54, 1.807) is 60.4 Å². The zero-order chi connectivity index (χ0) is 21.1. The van der Waals surface area contributed by atoms with Crippen LogP contribution in [0.4, 0.5) is 15.8 Å². The van der Waals surface area contributed by atoms with Crippen LogP contribution in [0.5, 0.6) is 0 Å². The molecular weight excluding hydrogens is 389 g/mol. The van der Waals surface area contributed by atoms with Crippen molar-refractivity contribution >= 4 is 28.9 Å². The zero-order valence-corrected chi connectivity index (χ0v) is 16.0. The van der Waals surface area contributed by atoms with E-state index in [1.165, 1.54) is 12.1 Å². The summed E-state index contributed by atoms with van der Waals surface area (Å²) < 4.78 is 14.6. The van der Waals surface area contributed by atoms with Crippen LogP contribution < -0.4 is 10.6 Å². The normalized spacial score (nSPS) is 15.3. The molecule has 0 aliphatic carbocycles. The maximum atomic E-state index is 13.0. The second kappa shape index (κ2) is 8.16. The summed E-state index contributed by atoms with van der Waals surface area (Å²) in [4.78, 5) is 29.8. The van der Waals surface area contributed by atoms with Crippen molar-refractivity contribution in [2.75, 3.05) is 10.6 Å². The minimum atomic E-state index is -0.770. The van der Waals surface area contributed by atoms with Gasteiger partial charge in [0.25, 0.3) is 11.8 Å². The van der Waals surface area contributed by atoms with Gasteiger partial charge in [-0.1, -0.05) is 17.3 Å². The minimum absolute atomic E-state index is 0.287. The molecular formula is C21H18FN5O3. The molecule has 1 aliphatic heterocycles. The molecule has 0 bridgehead atoms. The standard InChI is InChI=1S/C21H18FN5O3/c1-27-11-10-17(25-27)20(28)23-15-6-8-16(9-7-15)24-21(29)19-12-18(26-30-19)13-2-4-14(22)5-3-13/h2-11,19H,12H2,1H3,(H,23,28)(H,24,29). The highest BCUT2D eigenvalue weighted by molar-refractivity contribution is 6.06. The maximum absolute atomic E-state index is 13.0. The predicted octanol–water partition coefficient (Wildman–Crippen LogP) is 2.94. The number of halogens is 1. The number of rotatable bonds is 5. The Morgan fingerprint density at radius 2 is 1.70 bits per heavy atom. The number of aryl methyl sites for hydroxylation is 1. The van der Waals surface area contributed by atoms with Crippen molar-refractivity contribution in [1.29, 1.82) is 0 Å². The van der Waals surface area contributed by atoms with Gasteiger partial charge in [0.05, 0.1) is 5.71 Å². The first-order valence-electron chi connectivity index (χ1n) is 9.18. The fourth-order valence-corrected chi connectivity index (χ4v) is 2.92. The molecule has 0 spiro atoms. The second-order valence-electron chi connectivity index (χ2n) is 6.74. The van der Waals surface area contributed by atoms with E-state index in [1.807, 2.05) is 0 Å². The molecule has 8 nitrogen and oxygen atoms in total. The lowest BCUT2D eigenvalue weighted by Gasteiger charge is -2.10. The van der Waals surface area contributed by atoms with Crippen LogP contribution in [0.15, 0.2) is 65.9 Å². The van der Waals surface area contributed by atoms with Gasteiger partial charge in [-0.3, -0.25) is 14.3 Å². The lowest BCUT2D eigenvalue weighted by atomic mass is 10.0. The predicted molar refractivity (Wildman–Crippen MR) is 109 cm³/mol. The van der Waals surface area contributed by atoms with Crippen LogP contribution in [0.1, 0.15) is 22.5 Å². The average molecular weight is 407 g/mol. The number of aromatic nitrogens is 2. The van der Waals surface area contributed by atoms with Gasteiger partial charge < -0.3 is 15.5 Å². The van der Waals surface area contributed by atoms with Crippen LogP contribution in [-0.4, -0.2) is 33.4 Å².